The molecule has 0 radical (unpaired) electrons. The van der Waals surface area contributed by atoms with Gasteiger partial charge in [-0.3, -0.25) is 4.79 Å². The van der Waals surface area contributed by atoms with Crippen LogP contribution in [0, 0.1) is 6.92 Å². The number of piperidine rings is 1. The summed E-state index contributed by atoms with van der Waals surface area (Å²) in [6, 6.07) is 11.8. The van der Waals surface area contributed by atoms with E-state index in [-0.39, 0.29) is 16.8 Å². The maximum absolute atomic E-state index is 13.2. The molecule has 1 saturated heterocycles. The van der Waals surface area contributed by atoms with E-state index in [1.165, 1.54) is 17.8 Å². The van der Waals surface area contributed by atoms with Gasteiger partial charge in [0.05, 0.1) is 10.6 Å². The summed E-state index contributed by atoms with van der Waals surface area (Å²) in [5.41, 5.74) is 2.27. The standard InChI is InChI=1S/C22H26N6O3S2/c1-15-10-11-19(33(30,31)27-12-5-4-7-16(27)2)14-20(15)21(29)23-17-8-6-9-18(13-17)28-22(32-3)24-25-26-28/h6,8-11,13-14,16H,4-5,7,12H2,1-3H3,(H,23,29). The lowest BCUT2D eigenvalue weighted by Gasteiger charge is -2.32. The summed E-state index contributed by atoms with van der Waals surface area (Å²) in [6.45, 7) is 4.22. The van der Waals surface area contributed by atoms with E-state index in [0.717, 1.165) is 19.3 Å². The average molecular weight is 487 g/mol. The number of hydrogen-bond acceptors (Lipinski definition) is 7. The Bertz CT molecular complexity index is 1270. The topological polar surface area (TPSA) is 110 Å². The summed E-state index contributed by atoms with van der Waals surface area (Å²) in [7, 11) is -3.68. The van der Waals surface area contributed by atoms with Crippen molar-refractivity contribution in [2.24, 2.45) is 0 Å². The summed E-state index contributed by atoms with van der Waals surface area (Å²) in [5, 5.41) is 15.1. The van der Waals surface area contributed by atoms with Gasteiger partial charge in [-0.25, -0.2) is 8.42 Å². The second-order valence-electron chi connectivity index (χ2n) is 8.02. The predicted octanol–water partition coefficient (Wildman–Crippen LogP) is 3.51. The highest BCUT2D eigenvalue weighted by Gasteiger charge is 2.31. The van der Waals surface area contributed by atoms with Crippen LogP contribution < -0.4 is 5.32 Å². The minimum absolute atomic E-state index is 0.0532. The monoisotopic (exact) mass is 486 g/mol. The van der Waals surface area contributed by atoms with E-state index in [1.807, 2.05) is 19.2 Å². The minimum Gasteiger partial charge on any atom is -0.322 e. The third-order valence-corrected chi connectivity index (χ3v) is 8.40. The van der Waals surface area contributed by atoms with Crippen LogP contribution in [0.25, 0.3) is 5.69 Å². The molecule has 0 spiro atoms. The Morgan fingerprint density at radius 1 is 1.18 bits per heavy atom. The highest BCUT2D eigenvalue weighted by atomic mass is 32.2. The first-order valence-corrected chi connectivity index (χ1v) is 13.3. The Kier molecular flexibility index (Phi) is 6.82. The fourth-order valence-corrected chi connectivity index (χ4v) is 6.11. The molecule has 0 bridgehead atoms. The van der Waals surface area contributed by atoms with Gasteiger partial charge >= 0.3 is 0 Å². The highest BCUT2D eigenvalue weighted by Crippen LogP contribution is 2.27. The van der Waals surface area contributed by atoms with Gasteiger partial charge in [0.25, 0.3) is 5.91 Å². The number of aromatic nitrogens is 4. The number of sulfonamides is 1. The van der Waals surface area contributed by atoms with Gasteiger partial charge in [-0.05, 0) is 79.3 Å². The van der Waals surface area contributed by atoms with Gasteiger partial charge in [-0.1, -0.05) is 30.3 Å². The normalized spacial score (nSPS) is 17.1. The quantitative estimate of drug-likeness (QED) is 0.531. The lowest BCUT2D eigenvalue weighted by atomic mass is 10.1. The van der Waals surface area contributed by atoms with Crippen LogP contribution in [0.3, 0.4) is 0 Å². The first kappa shape index (κ1) is 23.4. The summed E-state index contributed by atoms with van der Waals surface area (Å²) in [5.74, 6) is -0.379. The van der Waals surface area contributed by atoms with Crippen molar-refractivity contribution in [3.63, 3.8) is 0 Å². The van der Waals surface area contributed by atoms with E-state index >= 15 is 0 Å². The number of rotatable bonds is 6. The number of amides is 1. The zero-order chi connectivity index (χ0) is 23.6. The number of anilines is 1. The molecule has 1 aromatic heterocycles. The molecule has 174 valence electrons. The number of nitrogens with one attached hydrogen (secondary N) is 1. The fourth-order valence-electron chi connectivity index (χ4n) is 3.95. The summed E-state index contributed by atoms with van der Waals surface area (Å²) < 4.78 is 29.6. The smallest absolute Gasteiger partial charge is 0.255 e. The van der Waals surface area contributed by atoms with Crippen LogP contribution in [0.2, 0.25) is 0 Å². The van der Waals surface area contributed by atoms with Gasteiger partial charge in [0.15, 0.2) is 0 Å². The molecule has 1 atom stereocenters. The molecule has 0 aliphatic carbocycles. The van der Waals surface area contributed by atoms with Crippen LogP contribution >= 0.6 is 11.8 Å². The Hall–Kier alpha value is -2.76. The second kappa shape index (κ2) is 9.62. The molecule has 2 aromatic carbocycles. The molecular weight excluding hydrogens is 460 g/mol. The molecule has 11 heteroatoms. The average Bonchev–Trinajstić information content (AvgIpc) is 3.28. The number of thioether (sulfide) groups is 1. The van der Waals surface area contributed by atoms with Gasteiger partial charge in [0, 0.05) is 23.8 Å². The Balaban J connectivity index is 1.60. The van der Waals surface area contributed by atoms with E-state index < -0.39 is 10.0 Å². The van der Waals surface area contributed by atoms with E-state index in [0.29, 0.717) is 34.2 Å². The van der Waals surface area contributed by atoms with Crippen molar-refractivity contribution >= 4 is 33.4 Å². The maximum Gasteiger partial charge on any atom is 0.255 e. The summed E-state index contributed by atoms with van der Waals surface area (Å²) in [6.07, 6.45) is 4.59. The van der Waals surface area contributed by atoms with Crippen LogP contribution in [-0.4, -0.2) is 57.7 Å². The number of carbonyl (C=O) groups excluding carboxylic acids is 1. The Morgan fingerprint density at radius 2 is 2.00 bits per heavy atom. The lowest BCUT2D eigenvalue weighted by Crippen LogP contribution is -2.42. The SMILES string of the molecule is CSc1nnnn1-c1cccc(NC(=O)c2cc(S(=O)(=O)N3CCCCC3C)ccc2C)c1. The molecule has 1 N–H and O–H groups in total. The molecule has 9 nitrogen and oxygen atoms in total. The van der Waals surface area contributed by atoms with Gasteiger partial charge < -0.3 is 5.32 Å². The number of aryl methyl sites for hydroxylation is 1. The molecule has 4 rings (SSSR count). The number of tetrazole rings is 1. The lowest BCUT2D eigenvalue weighted by molar-refractivity contribution is 0.102. The second-order valence-corrected chi connectivity index (χ2v) is 10.7. The zero-order valence-corrected chi connectivity index (χ0v) is 20.4. The van der Waals surface area contributed by atoms with Crippen molar-refractivity contribution < 1.29 is 13.2 Å². The van der Waals surface area contributed by atoms with Crippen molar-refractivity contribution in [2.45, 2.75) is 49.2 Å². The van der Waals surface area contributed by atoms with Crippen LogP contribution in [0.15, 0.2) is 52.5 Å². The Labute approximate surface area is 197 Å². The van der Waals surface area contributed by atoms with E-state index in [2.05, 4.69) is 20.8 Å². The first-order chi connectivity index (χ1) is 15.8. The predicted molar refractivity (Wildman–Crippen MR) is 127 cm³/mol. The van der Waals surface area contributed by atoms with Crippen molar-refractivity contribution in [3.05, 3.63) is 53.6 Å². The van der Waals surface area contributed by atoms with Gasteiger partial charge in [-0.15, -0.1) is 5.10 Å². The molecule has 33 heavy (non-hydrogen) atoms. The van der Waals surface area contributed by atoms with Gasteiger partial charge in [-0.2, -0.15) is 8.99 Å². The molecular formula is C22H26N6O3S2. The highest BCUT2D eigenvalue weighted by molar-refractivity contribution is 7.98. The minimum atomic E-state index is -3.68. The van der Waals surface area contributed by atoms with E-state index in [1.54, 1.807) is 46.2 Å². The zero-order valence-electron chi connectivity index (χ0n) is 18.7. The van der Waals surface area contributed by atoms with Crippen LogP contribution in [0.4, 0.5) is 5.69 Å². The largest absolute Gasteiger partial charge is 0.322 e. The van der Waals surface area contributed by atoms with Crippen molar-refractivity contribution in [2.75, 3.05) is 18.1 Å². The molecule has 1 aliphatic heterocycles. The molecule has 1 aliphatic rings. The van der Waals surface area contributed by atoms with Crippen molar-refractivity contribution in [1.82, 2.24) is 24.5 Å². The van der Waals surface area contributed by atoms with Crippen LogP contribution in [0.1, 0.15) is 42.1 Å². The maximum atomic E-state index is 13.2. The number of carbonyl (C=O) groups is 1. The first-order valence-electron chi connectivity index (χ1n) is 10.7. The summed E-state index contributed by atoms with van der Waals surface area (Å²) in [4.78, 5) is 13.2. The molecule has 1 unspecified atom stereocenters. The molecule has 2 heterocycles. The van der Waals surface area contributed by atoms with Crippen LogP contribution in [-0.2, 0) is 10.0 Å². The number of hydrogen-bond donors (Lipinski definition) is 1. The van der Waals surface area contributed by atoms with Crippen molar-refractivity contribution in [1.29, 1.82) is 0 Å². The van der Waals surface area contributed by atoms with Crippen molar-refractivity contribution in [3.8, 4) is 5.69 Å². The third-order valence-electron chi connectivity index (χ3n) is 5.77. The van der Waals surface area contributed by atoms with Gasteiger partial charge in [0.1, 0.15) is 0 Å². The Morgan fingerprint density at radius 3 is 2.76 bits per heavy atom. The summed E-state index contributed by atoms with van der Waals surface area (Å²) >= 11 is 1.41. The molecule has 0 saturated carbocycles. The van der Waals surface area contributed by atoms with Gasteiger partial charge in [0.2, 0.25) is 15.2 Å². The van der Waals surface area contributed by atoms with Crippen LogP contribution in [0.5, 0.6) is 0 Å². The number of benzene rings is 2. The molecule has 1 amide bonds. The fraction of sp³-hybridized carbons (Fsp3) is 0.364. The number of nitrogens with zero attached hydrogens (tertiary/aromatic N) is 5. The van der Waals surface area contributed by atoms with E-state index in [4.69, 9.17) is 0 Å². The molecule has 3 aromatic rings. The van der Waals surface area contributed by atoms with E-state index in [9.17, 15) is 13.2 Å². The molecule has 1 fully saturated rings. The third kappa shape index (κ3) is 4.80.